The number of carbonyl (C=O) groups excluding carboxylic acids is 1. The van der Waals surface area contributed by atoms with Crippen LogP contribution in [0.2, 0.25) is 0 Å². The minimum absolute atomic E-state index is 0.0626. The van der Waals surface area contributed by atoms with E-state index in [1.165, 1.54) is 13.5 Å². The molecule has 3 unspecified atom stereocenters. The van der Waals surface area contributed by atoms with Crippen molar-refractivity contribution in [3.63, 3.8) is 0 Å². The Morgan fingerprint density at radius 2 is 2.42 bits per heavy atom. The third-order valence-electron chi connectivity index (χ3n) is 3.50. The average molecular weight is 169 g/mol. The molecule has 68 valence electrons. The molecule has 2 N–H and O–H groups in total. The minimum Gasteiger partial charge on any atom is -0.469 e. The highest BCUT2D eigenvalue weighted by Crippen LogP contribution is 2.62. The Labute approximate surface area is 72.3 Å². The van der Waals surface area contributed by atoms with Crippen molar-refractivity contribution in [1.82, 2.24) is 0 Å². The smallest absolute Gasteiger partial charge is 0.309 e. The zero-order valence-corrected chi connectivity index (χ0v) is 7.38. The van der Waals surface area contributed by atoms with Crippen LogP contribution in [0, 0.1) is 11.3 Å². The van der Waals surface area contributed by atoms with E-state index in [9.17, 15) is 4.79 Å². The second kappa shape index (κ2) is 2.46. The van der Waals surface area contributed by atoms with Crippen molar-refractivity contribution < 1.29 is 9.53 Å². The fraction of sp³-hybridized carbons (Fsp3) is 0.889. The number of ether oxygens (including phenoxy) is 1. The molecule has 3 atom stereocenters. The van der Waals surface area contributed by atoms with Gasteiger partial charge in [0.05, 0.1) is 13.0 Å². The first-order valence-electron chi connectivity index (χ1n) is 4.54. The summed E-state index contributed by atoms with van der Waals surface area (Å²) in [5, 5.41) is 0. The van der Waals surface area contributed by atoms with Crippen LogP contribution in [-0.2, 0) is 9.53 Å². The molecule has 0 radical (unpaired) electrons. The van der Waals surface area contributed by atoms with Crippen LogP contribution in [0.15, 0.2) is 0 Å². The largest absolute Gasteiger partial charge is 0.469 e. The highest BCUT2D eigenvalue weighted by molar-refractivity contribution is 5.77. The Bertz CT molecular complexity index is 217. The number of hydrogen-bond acceptors (Lipinski definition) is 3. The zero-order chi connectivity index (χ0) is 8.77. The van der Waals surface area contributed by atoms with E-state index in [0.717, 1.165) is 19.3 Å². The standard InChI is InChI=1S/C9H15NO2/c1-12-8(11)6-5-9(6)4-2-3-7(9)10/h6-7H,2-5,10H2,1H3. The fourth-order valence-corrected chi connectivity index (χ4v) is 2.59. The second-order valence-electron chi connectivity index (χ2n) is 4.01. The van der Waals surface area contributed by atoms with Gasteiger partial charge < -0.3 is 10.5 Å². The fourth-order valence-electron chi connectivity index (χ4n) is 2.59. The number of hydrogen-bond donors (Lipinski definition) is 1. The van der Waals surface area contributed by atoms with Crippen LogP contribution in [0.3, 0.4) is 0 Å². The van der Waals surface area contributed by atoms with Crippen LogP contribution in [0.4, 0.5) is 0 Å². The van der Waals surface area contributed by atoms with E-state index in [1.807, 2.05) is 0 Å². The normalized spacial score (nSPS) is 44.8. The van der Waals surface area contributed by atoms with E-state index in [4.69, 9.17) is 10.5 Å². The lowest BCUT2D eigenvalue weighted by Gasteiger charge is -2.13. The topological polar surface area (TPSA) is 52.3 Å². The van der Waals surface area contributed by atoms with Crippen molar-refractivity contribution in [2.45, 2.75) is 31.7 Å². The summed E-state index contributed by atoms with van der Waals surface area (Å²) in [7, 11) is 1.45. The van der Waals surface area contributed by atoms with Gasteiger partial charge in [-0.15, -0.1) is 0 Å². The summed E-state index contributed by atoms with van der Waals surface area (Å²) in [6.45, 7) is 0. The van der Waals surface area contributed by atoms with Crippen LogP contribution in [0.25, 0.3) is 0 Å². The summed E-state index contributed by atoms with van der Waals surface area (Å²) in [4.78, 5) is 11.2. The van der Waals surface area contributed by atoms with Gasteiger partial charge in [0.25, 0.3) is 0 Å². The molecule has 0 aromatic heterocycles. The molecule has 0 amide bonds. The van der Waals surface area contributed by atoms with Crippen molar-refractivity contribution in [2.75, 3.05) is 7.11 Å². The van der Waals surface area contributed by atoms with Gasteiger partial charge in [0.1, 0.15) is 0 Å². The molecule has 0 aromatic rings. The van der Waals surface area contributed by atoms with E-state index in [2.05, 4.69) is 0 Å². The van der Waals surface area contributed by atoms with E-state index >= 15 is 0 Å². The van der Waals surface area contributed by atoms with E-state index in [0.29, 0.717) is 0 Å². The molecular formula is C9H15NO2. The lowest BCUT2D eigenvalue weighted by atomic mass is 9.98. The summed E-state index contributed by atoms with van der Waals surface area (Å²) in [5.41, 5.74) is 6.10. The quantitative estimate of drug-likeness (QED) is 0.587. The van der Waals surface area contributed by atoms with Gasteiger partial charge in [-0.2, -0.15) is 0 Å². The second-order valence-corrected chi connectivity index (χ2v) is 4.01. The van der Waals surface area contributed by atoms with Crippen molar-refractivity contribution in [3.8, 4) is 0 Å². The van der Waals surface area contributed by atoms with Gasteiger partial charge in [0.15, 0.2) is 0 Å². The molecule has 3 nitrogen and oxygen atoms in total. The third kappa shape index (κ3) is 0.891. The molecule has 0 saturated heterocycles. The van der Waals surface area contributed by atoms with Gasteiger partial charge in [-0.05, 0) is 24.7 Å². The van der Waals surface area contributed by atoms with Gasteiger partial charge in [0, 0.05) is 6.04 Å². The highest BCUT2D eigenvalue weighted by Gasteiger charge is 2.63. The van der Waals surface area contributed by atoms with Crippen LogP contribution >= 0.6 is 0 Å². The molecule has 12 heavy (non-hydrogen) atoms. The van der Waals surface area contributed by atoms with Gasteiger partial charge in [-0.3, -0.25) is 4.79 Å². The summed E-state index contributed by atoms with van der Waals surface area (Å²) in [6, 6.07) is 0.238. The monoisotopic (exact) mass is 169 g/mol. The zero-order valence-electron chi connectivity index (χ0n) is 7.38. The van der Waals surface area contributed by atoms with Gasteiger partial charge in [0.2, 0.25) is 0 Å². The Hall–Kier alpha value is -0.570. The maximum Gasteiger partial charge on any atom is 0.309 e. The maximum absolute atomic E-state index is 11.2. The first-order chi connectivity index (χ1) is 5.70. The molecule has 0 bridgehead atoms. The van der Waals surface area contributed by atoms with Crippen LogP contribution in [0.1, 0.15) is 25.7 Å². The lowest BCUT2D eigenvalue weighted by molar-refractivity contribution is -0.143. The molecule has 1 spiro atoms. The van der Waals surface area contributed by atoms with Gasteiger partial charge >= 0.3 is 5.97 Å². The van der Waals surface area contributed by atoms with E-state index in [-0.39, 0.29) is 23.3 Å². The Kier molecular flexibility index (Phi) is 1.65. The summed E-state index contributed by atoms with van der Waals surface area (Å²) < 4.78 is 4.71. The van der Waals surface area contributed by atoms with Crippen LogP contribution < -0.4 is 5.73 Å². The summed E-state index contributed by atoms with van der Waals surface area (Å²) >= 11 is 0. The molecule has 2 rings (SSSR count). The first-order valence-corrected chi connectivity index (χ1v) is 4.54. The van der Waals surface area contributed by atoms with Crippen LogP contribution in [-0.4, -0.2) is 19.1 Å². The van der Waals surface area contributed by atoms with Crippen LogP contribution in [0.5, 0.6) is 0 Å². The number of methoxy groups -OCH3 is 1. The summed E-state index contributed by atoms with van der Waals surface area (Å²) in [6.07, 6.45) is 4.33. The Balaban J connectivity index is 2.04. The Morgan fingerprint density at radius 1 is 1.67 bits per heavy atom. The summed E-state index contributed by atoms with van der Waals surface area (Å²) in [5.74, 6) is 0.0485. The van der Waals surface area contributed by atoms with Crippen molar-refractivity contribution in [1.29, 1.82) is 0 Å². The number of esters is 1. The molecular weight excluding hydrogens is 154 g/mol. The first kappa shape index (κ1) is 8.05. The van der Waals surface area contributed by atoms with Crippen molar-refractivity contribution >= 4 is 5.97 Å². The molecule has 3 heteroatoms. The predicted molar refractivity (Wildman–Crippen MR) is 44.4 cm³/mol. The highest BCUT2D eigenvalue weighted by atomic mass is 16.5. The van der Waals surface area contributed by atoms with Gasteiger partial charge in [-0.25, -0.2) is 0 Å². The molecule has 0 aliphatic heterocycles. The molecule has 2 saturated carbocycles. The van der Waals surface area contributed by atoms with E-state index < -0.39 is 0 Å². The third-order valence-corrected chi connectivity index (χ3v) is 3.50. The molecule has 2 aliphatic rings. The molecule has 2 aliphatic carbocycles. The molecule has 0 heterocycles. The number of nitrogens with two attached hydrogens (primary N) is 1. The van der Waals surface area contributed by atoms with E-state index in [1.54, 1.807) is 0 Å². The lowest BCUT2D eigenvalue weighted by Crippen LogP contribution is -2.29. The number of rotatable bonds is 1. The predicted octanol–water partition coefficient (Wildman–Crippen LogP) is 0.677. The van der Waals surface area contributed by atoms with Gasteiger partial charge in [-0.1, -0.05) is 6.42 Å². The molecule has 0 aromatic carbocycles. The SMILES string of the molecule is COC(=O)C1CC12CCCC2N. The molecule has 2 fully saturated rings. The minimum atomic E-state index is -0.0626. The van der Waals surface area contributed by atoms with Crippen molar-refractivity contribution in [3.05, 3.63) is 0 Å². The average Bonchev–Trinajstić information content (AvgIpc) is 2.68. The Morgan fingerprint density at radius 3 is 2.92 bits per heavy atom. The maximum atomic E-state index is 11.2. The number of carbonyl (C=O) groups is 1. The van der Waals surface area contributed by atoms with Crippen molar-refractivity contribution in [2.24, 2.45) is 17.1 Å².